The van der Waals surface area contributed by atoms with Crippen molar-refractivity contribution in [3.63, 3.8) is 0 Å². The van der Waals surface area contributed by atoms with Gasteiger partial charge in [-0.05, 0) is 6.42 Å². The summed E-state index contributed by atoms with van der Waals surface area (Å²) >= 11 is 0. The van der Waals surface area contributed by atoms with Gasteiger partial charge in [0.25, 0.3) is 0 Å². The fraction of sp³-hybridized carbons (Fsp3) is 1.00. The van der Waals surface area contributed by atoms with Gasteiger partial charge in [-0.25, -0.2) is 0 Å². The highest BCUT2D eigenvalue weighted by Crippen LogP contribution is 2.21. The first-order valence-electron chi connectivity index (χ1n) is 3.36. The molecule has 0 spiro atoms. The number of hydrogen-bond acceptors (Lipinski definition) is 4. The van der Waals surface area contributed by atoms with E-state index in [1.165, 1.54) is 0 Å². The van der Waals surface area contributed by atoms with Crippen molar-refractivity contribution in [2.24, 2.45) is 0 Å². The van der Waals surface area contributed by atoms with Gasteiger partial charge in [-0.2, -0.15) is 0 Å². The zero-order chi connectivity index (χ0) is 7.72. The van der Waals surface area contributed by atoms with Crippen LogP contribution in [0.25, 0.3) is 0 Å². The Labute approximate surface area is 59.1 Å². The highest BCUT2D eigenvalue weighted by atomic mass is 16.6. The molecule has 0 radical (unpaired) electrons. The maximum absolute atomic E-state index is 9.09. The van der Waals surface area contributed by atoms with Crippen LogP contribution in [0.4, 0.5) is 0 Å². The molecule has 4 heteroatoms. The lowest BCUT2D eigenvalue weighted by molar-refractivity contribution is -0.127. The Morgan fingerprint density at radius 3 is 2.00 bits per heavy atom. The molecule has 0 amide bonds. The molecule has 1 saturated heterocycles. The molecule has 4 atom stereocenters. The molecular formula is C6H12O4. The van der Waals surface area contributed by atoms with Crippen LogP contribution in [0.15, 0.2) is 0 Å². The van der Waals surface area contributed by atoms with Crippen molar-refractivity contribution in [2.75, 3.05) is 0 Å². The molecule has 0 saturated carbocycles. The molecular weight excluding hydrogens is 136 g/mol. The topological polar surface area (TPSA) is 69.9 Å². The summed E-state index contributed by atoms with van der Waals surface area (Å²) in [4.78, 5) is 0. The molecule has 1 rings (SSSR count). The molecule has 1 heterocycles. The minimum absolute atomic E-state index is 0.426. The molecule has 1 aliphatic heterocycles. The zero-order valence-electron chi connectivity index (χ0n) is 5.77. The lowest BCUT2D eigenvalue weighted by Gasteiger charge is -2.10. The minimum atomic E-state index is -1.22. The molecule has 0 aromatic rings. The molecule has 0 aliphatic carbocycles. The molecule has 1 unspecified atom stereocenters. The van der Waals surface area contributed by atoms with Crippen molar-refractivity contribution in [1.82, 2.24) is 0 Å². The van der Waals surface area contributed by atoms with Crippen LogP contribution in [-0.4, -0.2) is 39.9 Å². The standard InChI is InChI=1S/C6H12O4/c1-2-3-4(7)5(8)6(9)10-3/h3-9H,2H2,1H3/t3-,4?,5-,6-/m1/s1. The summed E-state index contributed by atoms with van der Waals surface area (Å²) in [6.45, 7) is 1.82. The van der Waals surface area contributed by atoms with Crippen molar-refractivity contribution in [3.8, 4) is 0 Å². The third kappa shape index (κ3) is 1.15. The van der Waals surface area contributed by atoms with Crippen LogP contribution in [0.1, 0.15) is 13.3 Å². The maximum Gasteiger partial charge on any atom is 0.183 e. The first kappa shape index (κ1) is 7.94. The average molecular weight is 148 g/mol. The Morgan fingerprint density at radius 1 is 1.20 bits per heavy atom. The van der Waals surface area contributed by atoms with E-state index in [1.807, 2.05) is 6.92 Å². The predicted octanol–water partition coefficient (Wildman–Crippen LogP) is -1.16. The number of aliphatic hydroxyl groups excluding tert-OH is 3. The van der Waals surface area contributed by atoms with E-state index in [9.17, 15) is 0 Å². The van der Waals surface area contributed by atoms with Crippen LogP contribution in [0.2, 0.25) is 0 Å². The van der Waals surface area contributed by atoms with Gasteiger partial charge in [0.05, 0.1) is 6.10 Å². The van der Waals surface area contributed by atoms with E-state index in [1.54, 1.807) is 0 Å². The summed E-state index contributed by atoms with van der Waals surface area (Å²) < 4.78 is 4.79. The highest BCUT2D eigenvalue weighted by molar-refractivity contribution is 4.84. The van der Waals surface area contributed by atoms with E-state index >= 15 is 0 Å². The summed E-state index contributed by atoms with van der Waals surface area (Å²) in [5, 5.41) is 26.9. The van der Waals surface area contributed by atoms with Crippen molar-refractivity contribution >= 4 is 0 Å². The van der Waals surface area contributed by atoms with E-state index in [4.69, 9.17) is 20.1 Å². The largest absolute Gasteiger partial charge is 0.387 e. The molecule has 60 valence electrons. The molecule has 0 aromatic carbocycles. The predicted molar refractivity (Wildman–Crippen MR) is 33.2 cm³/mol. The van der Waals surface area contributed by atoms with Crippen LogP contribution in [0.5, 0.6) is 0 Å². The SMILES string of the molecule is CC[C@H]1O[C@@H](O)[C@H](O)C1O. The maximum atomic E-state index is 9.09. The van der Waals surface area contributed by atoms with Gasteiger partial charge >= 0.3 is 0 Å². The van der Waals surface area contributed by atoms with Gasteiger partial charge in [-0.15, -0.1) is 0 Å². The van der Waals surface area contributed by atoms with Crippen LogP contribution < -0.4 is 0 Å². The van der Waals surface area contributed by atoms with E-state index in [2.05, 4.69) is 0 Å². The first-order valence-corrected chi connectivity index (χ1v) is 3.36. The molecule has 10 heavy (non-hydrogen) atoms. The fourth-order valence-corrected chi connectivity index (χ4v) is 1.07. The average Bonchev–Trinajstić information content (AvgIpc) is 2.17. The summed E-state index contributed by atoms with van der Waals surface area (Å²) in [6.07, 6.45) is -3.15. The minimum Gasteiger partial charge on any atom is -0.387 e. The van der Waals surface area contributed by atoms with E-state index in [0.717, 1.165) is 0 Å². The van der Waals surface area contributed by atoms with Crippen LogP contribution in [0, 0.1) is 0 Å². The van der Waals surface area contributed by atoms with E-state index in [-0.39, 0.29) is 0 Å². The molecule has 3 N–H and O–H groups in total. The van der Waals surface area contributed by atoms with Crippen LogP contribution in [0.3, 0.4) is 0 Å². The van der Waals surface area contributed by atoms with Gasteiger partial charge in [-0.3, -0.25) is 0 Å². The quantitative estimate of drug-likeness (QED) is 0.438. The van der Waals surface area contributed by atoms with Crippen molar-refractivity contribution < 1.29 is 20.1 Å². The Morgan fingerprint density at radius 2 is 1.80 bits per heavy atom. The Kier molecular flexibility index (Phi) is 2.25. The molecule has 0 bridgehead atoms. The van der Waals surface area contributed by atoms with Gasteiger partial charge in [0, 0.05) is 0 Å². The second kappa shape index (κ2) is 2.84. The van der Waals surface area contributed by atoms with Crippen molar-refractivity contribution in [3.05, 3.63) is 0 Å². The van der Waals surface area contributed by atoms with Crippen molar-refractivity contribution in [2.45, 2.75) is 37.9 Å². The number of hydrogen-bond donors (Lipinski definition) is 3. The van der Waals surface area contributed by atoms with Gasteiger partial charge in [0.2, 0.25) is 0 Å². The lowest BCUT2D eigenvalue weighted by atomic mass is 10.1. The lowest BCUT2D eigenvalue weighted by Crippen LogP contribution is -2.31. The molecule has 1 aliphatic rings. The monoisotopic (exact) mass is 148 g/mol. The molecule has 1 fully saturated rings. The van der Waals surface area contributed by atoms with E-state index < -0.39 is 24.6 Å². The second-order valence-corrected chi connectivity index (χ2v) is 2.45. The summed E-state index contributed by atoms with van der Waals surface area (Å²) in [5.41, 5.74) is 0. The van der Waals surface area contributed by atoms with Gasteiger partial charge < -0.3 is 20.1 Å². The summed E-state index contributed by atoms with van der Waals surface area (Å²) in [7, 11) is 0. The third-order valence-electron chi connectivity index (χ3n) is 1.74. The van der Waals surface area contributed by atoms with Crippen LogP contribution in [-0.2, 0) is 4.74 Å². The zero-order valence-corrected chi connectivity index (χ0v) is 5.77. The molecule has 0 aromatic heterocycles. The van der Waals surface area contributed by atoms with E-state index in [0.29, 0.717) is 6.42 Å². The number of aliphatic hydroxyl groups is 3. The third-order valence-corrected chi connectivity index (χ3v) is 1.74. The first-order chi connectivity index (χ1) is 4.66. The number of ether oxygens (including phenoxy) is 1. The second-order valence-electron chi connectivity index (χ2n) is 2.45. The highest BCUT2D eigenvalue weighted by Gasteiger charge is 2.40. The van der Waals surface area contributed by atoms with Crippen LogP contribution >= 0.6 is 0 Å². The normalized spacial score (nSPS) is 48.0. The van der Waals surface area contributed by atoms with Crippen molar-refractivity contribution in [1.29, 1.82) is 0 Å². The Balaban J connectivity index is 2.53. The van der Waals surface area contributed by atoms with Gasteiger partial charge in [0.1, 0.15) is 12.2 Å². The summed E-state index contributed by atoms with van der Waals surface area (Å²) in [6, 6.07) is 0. The number of rotatable bonds is 1. The Hall–Kier alpha value is -0.160. The van der Waals surface area contributed by atoms with Gasteiger partial charge in [-0.1, -0.05) is 6.92 Å². The molecule has 4 nitrogen and oxygen atoms in total. The van der Waals surface area contributed by atoms with Gasteiger partial charge in [0.15, 0.2) is 6.29 Å². The smallest absolute Gasteiger partial charge is 0.183 e. The Bertz CT molecular complexity index is 116. The fourth-order valence-electron chi connectivity index (χ4n) is 1.07. The summed E-state index contributed by atoms with van der Waals surface area (Å²) in [5.74, 6) is 0.